The third-order valence-electron chi connectivity index (χ3n) is 3.44. The van der Waals surface area contributed by atoms with Crippen LogP contribution in [0.15, 0.2) is 34.3 Å². The highest BCUT2D eigenvalue weighted by Gasteiger charge is 1.98. The lowest BCUT2D eigenvalue weighted by Crippen LogP contribution is -2.16. The molecule has 1 aromatic rings. The highest BCUT2D eigenvalue weighted by molar-refractivity contribution is 5.97. The van der Waals surface area contributed by atoms with Crippen LogP contribution in [-0.2, 0) is 0 Å². The Bertz CT molecular complexity index is 505. The van der Waals surface area contributed by atoms with Crippen molar-refractivity contribution in [3.63, 3.8) is 0 Å². The lowest BCUT2D eigenvalue weighted by Gasteiger charge is -2.08. The fourth-order valence-corrected chi connectivity index (χ4v) is 2.08. The van der Waals surface area contributed by atoms with E-state index in [9.17, 15) is 0 Å². The lowest BCUT2D eigenvalue weighted by atomic mass is 10.2. The van der Waals surface area contributed by atoms with Crippen LogP contribution in [0.3, 0.4) is 0 Å². The second kappa shape index (κ2) is 11.6. The van der Waals surface area contributed by atoms with Gasteiger partial charge >= 0.3 is 0 Å². The maximum absolute atomic E-state index is 6.03. The Hall–Kier alpha value is -1.92. The molecule has 0 fully saturated rings. The first kappa shape index (κ1) is 20.1. The first-order chi connectivity index (χ1) is 11.5. The molecule has 0 saturated carbocycles. The zero-order valence-electron chi connectivity index (χ0n) is 15.5. The van der Waals surface area contributed by atoms with Gasteiger partial charge in [-0.15, -0.1) is 0 Å². The molecule has 134 valence electrons. The number of aliphatic imine (C=N–C) groups is 2. The van der Waals surface area contributed by atoms with Crippen LogP contribution < -0.4 is 11.1 Å². The molecule has 6 nitrogen and oxygen atoms in total. The van der Waals surface area contributed by atoms with Crippen molar-refractivity contribution in [1.82, 2.24) is 9.80 Å². The monoisotopic (exact) mass is 332 g/mol. The molecule has 0 bridgehead atoms. The normalized spacial score (nSPS) is 12.5. The Balaban J connectivity index is 2.36. The summed E-state index contributed by atoms with van der Waals surface area (Å²) in [7, 11) is 8.26. The lowest BCUT2D eigenvalue weighted by molar-refractivity contribution is 0.403. The van der Waals surface area contributed by atoms with Gasteiger partial charge in [0.05, 0.1) is 6.34 Å². The summed E-state index contributed by atoms with van der Waals surface area (Å²) < 4.78 is 0. The van der Waals surface area contributed by atoms with Crippen molar-refractivity contribution >= 4 is 17.9 Å². The van der Waals surface area contributed by atoms with E-state index in [0.29, 0.717) is 5.84 Å². The van der Waals surface area contributed by atoms with Gasteiger partial charge < -0.3 is 20.9 Å². The number of rotatable bonds is 11. The Kier molecular flexibility index (Phi) is 9.72. The molecule has 0 heterocycles. The van der Waals surface area contributed by atoms with Gasteiger partial charge in [0.15, 0.2) is 0 Å². The molecule has 0 saturated heterocycles. The Labute approximate surface area is 146 Å². The third kappa shape index (κ3) is 9.27. The number of hydrogen-bond acceptors (Lipinski definition) is 4. The standard InChI is InChI=1S/C18H32N6/c1-23(2)13-5-11-20-15-22-17-9-7-16(8-10-17)18(19)21-12-6-14-24(3)4/h7-10,15H,5-6,11-14H2,1-4H3,(H2,19,21)(H,20,22). The van der Waals surface area contributed by atoms with Crippen molar-refractivity contribution in [2.45, 2.75) is 12.8 Å². The summed E-state index contributed by atoms with van der Waals surface area (Å²) >= 11 is 0. The average molecular weight is 332 g/mol. The molecule has 6 heteroatoms. The molecular formula is C18H32N6. The van der Waals surface area contributed by atoms with Crippen molar-refractivity contribution in [2.75, 3.05) is 59.7 Å². The minimum atomic E-state index is 0.595. The molecule has 1 rings (SSSR count). The Morgan fingerprint density at radius 3 is 2.17 bits per heavy atom. The van der Waals surface area contributed by atoms with Crippen LogP contribution in [0.25, 0.3) is 0 Å². The minimum Gasteiger partial charge on any atom is -0.384 e. The molecule has 0 aliphatic carbocycles. The summed E-state index contributed by atoms with van der Waals surface area (Å²) in [5.74, 6) is 0.595. The molecule has 0 atom stereocenters. The van der Waals surface area contributed by atoms with E-state index in [-0.39, 0.29) is 0 Å². The van der Waals surface area contributed by atoms with E-state index in [2.05, 4.69) is 53.3 Å². The smallest absolute Gasteiger partial charge is 0.125 e. The van der Waals surface area contributed by atoms with Crippen LogP contribution in [0.1, 0.15) is 18.4 Å². The molecule has 0 amide bonds. The zero-order valence-corrected chi connectivity index (χ0v) is 15.5. The van der Waals surface area contributed by atoms with Crippen molar-refractivity contribution in [2.24, 2.45) is 15.7 Å². The maximum Gasteiger partial charge on any atom is 0.125 e. The molecule has 1 aromatic carbocycles. The van der Waals surface area contributed by atoms with Crippen LogP contribution in [0, 0.1) is 0 Å². The van der Waals surface area contributed by atoms with Crippen LogP contribution >= 0.6 is 0 Å². The van der Waals surface area contributed by atoms with Crippen molar-refractivity contribution < 1.29 is 0 Å². The number of hydrogen-bond donors (Lipinski definition) is 2. The third-order valence-corrected chi connectivity index (χ3v) is 3.44. The van der Waals surface area contributed by atoms with Gasteiger partial charge in [-0.2, -0.15) is 0 Å². The van der Waals surface area contributed by atoms with E-state index in [4.69, 9.17) is 5.73 Å². The van der Waals surface area contributed by atoms with Gasteiger partial charge in [-0.05, 0) is 78.4 Å². The second-order valence-electron chi connectivity index (χ2n) is 6.34. The van der Waals surface area contributed by atoms with E-state index in [0.717, 1.165) is 50.3 Å². The number of anilines is 1. The first-order valence-corrected chi connectivity index (χ1v) is 8.43. The number of amidine groups is 1. The van der Waals surface area contributed by atoms with E-state index in [1.807, 2.05) is 24.3 Å². The summed E-state index contributed by atoms with van der Waals surface area (Å²) in [6, 6.07) is 7.94. The second-order valence-corrected chi connectivity index (χ2v) is 6.34. The van der Waals surface area contributed by atoms with Crippen molar-refractivity contribution in [1.29, 1.82) is 0 Å². The van der Waals surface area contributed by atoms with Gasteiger partial charge in [-0.1, -0.05) is 0 Å². The van der Waals surface area contributed by atoms with E-state index in [1.165, 1.54) is 0 Å². The first-order valence-electron chi connectivity index (χ1n) is 8.43. The predicted molar refractivity (Wildman–Crippen MR) is 105 cm³/mol. The Morgan fingerprint density at radius 2 is 1.58 bits per heavy atom. The molecule has 3 N–H and O–H groups in total. The number of benzene rings is 1. The molecule has 0 aromatic heterocycles. The summed E-state index contributed by atoms with van der Waals surface area (Å²) in [4.78, 5) is 13.1. The summed E-state index contributed by atoms with van der Waals surface area (Å²) in [6.45, 7) is 3.66. The summed E-state index contributed by atoms with van der Waals surface area (Å²) in [6.07, 6.45) is 3.83. The molecule has 0 unspecified atom stereocenters. The highest BCUT2D eigenvalue weighted by Crippen LogP contribution is 2.08. The molecule has 0 radical (unpaired) electrons. The average Bonchev–Trinajstić information content (AvgIpc) is 2.54. The maximum atomic E-state index is 6.03. The number of nitrogens with two attached hydrogens (primary N) is 1. The topological polar surface area (TPSA) is 69.2 Å². The molecule has 0 spiro atoms. The van der Waals surface area contributed by atoms with Crippen LogP contribution in [0.5, 0.6) is 0 Å². The largest absolute Gasteiger partial charge is 0.384 e. The molecule has 0 aliphatic rings. The van der Waals surface area contributed by atoms with E-state index < -0.39 is 0 Å². The van der Waals surface area contributed by atoms with Gasteiger partial charge in [0.1, 0.15) is 5.84 Å². The van der Waals surface area contributed by atoms with E-state index >= 15 is 0 Å². The van der Waals surface area contributed by atoms with Gasteiger partial charge in [0, 0.05) is 24.3 Å². The Morgan fingerprint density at radius 1 is 1.00 bits per heavy atom. The van der Waals surface area contributed by atoms with E-state index in [1.54, 1.807) is 6.34 Å². The molecular weight excluding hydrogens is 300 g/mol. The van der Waals surface area contributed by atoms with Crippen LogP contribution in [0.4, 0.5) is 5.69 Å². The predicted octanol–water partition coefficient (Wildman–Crippen LogP) is 1.74. The minimum absolute atomic E-state index is 0.595. The molecule has 24 heavy (non-hydrogen) atoms. The van der Waals surface area contributed by atoms with Crippen molar-refractivity contribution in [3.8, 4) is 0 Å². The number of nitrogens with one attached hydrogen (secondary N) is 1. The summed E-state index contributed by atoms with van der Waals surface area (Å²) in [5.41, 5.74) is 7.98. The number of nitrogens with zero attached hydrogens (tertiary/aromatic N) is 4. The van der Waals surface area contributed by atoms with Gasteiger partial charge in [-0.3, -0.25) is 9.98 Å². The van der Waals surface area contributed by atoms with Crippen LogP contribution in [-0.4, -0.2) is 76.3 Å². The van der Waals surface area contributed by atoms with Gasteiger partial charge in [0.25, 0.3) is 0 Å². The van der Waals surface area contributed by atoms with Gasteiger partial charge in [-0.25, -0.2) is 0 Å². The van der Waals surface area contributed by atoms with Gasteiger partial charge in [0.2, 0.25) is 0 Å². The fourth-order valence-electron chi connectivity index (χ4n) is 2.08. The fraction of sp³-hybridized carbons (Fsp3) is 0.556. The zero-order chi connectivity index (χ0) is 17.8. The van der Waals surface area contributed by atoms with Crippen molar-refractivity contribution in [3.05, 3.63) is 29.8 Å². The summed E-state index contributed by atoms with van der Waals surface area (Å²) in [5, 5.41) is 3.17. The highest BCUT2D eigenvalue weighted by atomic mass is 15.1. The SMILES string of the molecule is CN(C)CCCN=CNc1ccc(C(N)=NCCCN(C)C)cc1. The quantitative estimate of drug-likeness (QED) is 0.368. The van der Waals surface area contributed by atoms with Crippen LogP contribution in [0.2, 0.25) is 0 Å². The molecule has 0 aliphatic heterocycles.